The summed E-state index contributed by atoms with van der Waals surface area (Å²) >= 11 is 1.28. The number of nitrogen functional groups attached to an aromatic ring is 1. The Morgan fingerprint density at radius 1 is 1.45 bits per heavy atom. The van der Waals surface area contributed by atoms with Crippen LogP contribution in [0.3, 0.4) is 0 Å². The number of ether oxygens (including phenoxy) is 1. The first kappa shape index (κ1) is 19.1. The van der Waals surface area contributed by atoms with E-state index in [1.165, 1.54) is 11.3 Å². The van der Waals surface area contributed by atoms with Crippen LogP contribution < -0.4 is 16.8 Å². The zero-order valence-electron chi connectivity index (χ0n) is 12.7. The summed E-state index contributed by atoms with van der Waals surface area (Å²) in [6.45, 7) is 3.17. The average Bonchev–Trinajstić information content (AvgIpc) is 2.89. The van der Waals surface area contributed by atoms with Gasteiger partial charge in [0.25, 0.3) is 0 Å². The van der Waals surface area contributed by atoms with Gasteiger partial charge in [0.2, 0.25) is 11.0 Å². The van der Waals surface area contributed by atoms with Gasteiger partial charge in [-0.2, -0.15) is 0 Å². The van der Waals surface area contributed by atoms with Crippen molar-refractivity contribution in [3.05, 3.63) is 5.01 Å². The quantitative estimate of drug-likeness (QED) is 0.707. The summed E-state index contributed by atoms with van der Waals surface area (Å²) in [6.07, 6.45) is 3.38. The fraction of sp³-hybridized carbons (Fsp3) is 0.769. The highest BCUT2D eigenvalue weighted by Crippen LogP contribution is 2.26. The van der Waals surface area contributed by atoms with Gasteiger partial charge in [0, 0.05) is 18.6 Å². The lowest BCUT2D eigenvalue weighted by Gasteiger charge is -2.33. The lowest BCUT2D eigenvalue weighted by molar-refractivity contribution is -0.127. The molecule has 0 spiro atoms. The third-order valence-electron chi connectivity index (χ3n) is 3.64. The molecule has 1 aromatic heterocycles. The van der Waals surface area contributed by atoms with E-state index in [4.69, 9.17) is 16.2 Å². The van der Waals surface area contributed by atoms with E-state index in [9.17, 15) is 4.79 Å². The Morgan fingerprint density at radius 3 is 2.82 bits per heavy atom. The van der Waals surface area contributed by atoms with Crippen LogP contribution >= 0.6 is 23.7 Å². The van der Waals surface area contributed by atoms with Gasteiger partial charge in [-0.15, -0.1) is 22.6 Å². The molecule has 1 aliphatic rings. The Morgan fingerprint density at radius 2 is 2.23 bits per heavy atom. The standard InChI is InChI=1S/C13H23N5O2S.ClH/c1-2-5-20-10-4-3-8(6-9(10)14)12(19)16-7-11-17-18-13(15)21-11;/h8-10H,2-7,14H2,1H3,(H2,15,18)(H,16,19);1H/t8-,9+,10+;/m0./s1. The number of aromatic nitrogens is 2. The number of carbonyl (C=O) groups is 1. The molecule has 1 saturated carbocycles. The van der Waals surface area contributed by atoms with Gasteiger partial charge in [0.15, 0.2) is 0 Å². The summed E-state index contributed by atoms with van der Waals surface area (Å²) in [5.74, 6) is -0.0279. The fourth-order valence-corrected chi connectivity index (χ4v) is 3.09. The summed E-state index contributed by atoms with van der Waals surface area (Å²) in [4.78, 5) is 12.2. The molecule has 5 N–H and O–H groups in total. The van der Waals surface area contributed by atoms with Gasteiger partial charge in [-0.3, -0.25) is 4.79 Å². The Kier molecular flexibility index (Phi) is 8.02. The summed E-state index contributed by atoms with van der Waals surface area (Å²) in [5.41, 5.74) is 11.6. The smallest absolute Gasteiger partial charge is 0.223 e. The van der Waals surface area contributed by atoms with E-state index in [2.05, 4.69) is 22.4 Å². The van der Waals surface area contributed by atoms with Gasteiger partial charge in [0.1, 0.15) is 5.01 Å². The van der Waals surface area contributed by atoms with Crippen LogP contribution in [-0.2, 0) is 16.1 Å². The maximum absolute atomic E-state index is 12.2. The van der Waals surface area contributed by atoms with Crippen molar-refractivity contribution in [2.45, 2.75) is 51.3 Å². The molecule has 0 radical (unpaired) electrons. The molecule has 0 aromatic carbocycles. The molecule has 1 aromatic rings. The van der Waals surface area contributed by atoms with E-state index < -0.39 is 0 Å². The van der Waals surface area contributed by atoms with E-state index in [0.29, 0.717) is 23.1 Å². The van der Waals surface area contributed by atoms with Crippen LogP contribution in [0, 0.1) is 5.92 Å². The molecule has 0 bridgehead atoms. The lowest BCUT2D eigenvalue weighted by atomic mass is 9.83. The van der Waals surface area contributed by atoms with Crippen molar-refractivity contribution in [2.75, 3.05) is 12.3 Å². The predicted molar refractivity (Wildman–Crippen MR) is 88.8 cm³/mol. The topological polar surface area (TPSA) is 116 Å². The molecule has 7 nitrogen and oxygen atoms in total. The molecule has 1 aliphatic carbocycles. The monoisotopic (exact) mass is 349 g/mol. The van der Waals surface area contributed by atoms with Gasteiger partial charge in [-0.1, -0.05) is 18.3 Å². The highest BCUT2D eigenvalue weighted by atomic mass is 35.5. The highest BCUT2D eigenvalue weighted by Gasteiger charge is 2.32. The van der Waals surface area contributed by atoms with Crippen molar-refractivity contribution < 1.29 is 9.53 Å². The molecule has 1 amide bonds. The molecule has 9 heteroatoms. The molecular weight excluding hydrogens is 326 g/mol. The molecule has 126 valence electrons. The van der Waals surface area contributed by atoms with E-state index in [1.54, 1.807) is 0 Å². The predicted octanol–water partition coefficient (Wildman–Crippen LogP) is 1.08. The number of nitrogens with zero attached hydrogens (tertiary/aromatic N) is 2. The second kappa shape index (κ2) is 9.24. The van der Waals surface area contributed by atoms with Crippen molar-refractivity contribution in [3.8, 4) is 0 Å². The van der Waals surface area contributed by atoms with Crippen molar-refractivity contribution in [3.63, 3.8) is 0 Å². The molecule has 0 saturated heterocycles. The number of halogens is 1. The van der Waals surface area contributed by atoms with Gasteiger partial charge in [0.05, 0.1) is 12.6 Å². The Labute approximate surface area is 140 Å². The first-order chi connectivity index (χ1) is 10.1. The minimum Gasteiger partial charge on any atom is -0.377 e. The number of rotatable bonds is 6. The second-order valence-electron chi connectivity index (χ2n) is 5.33. The maximum Gasteiger partial charge on any atom is 0.223 e. The fourth-order valence-electron chi connectivity index (χ4n) is 2.54. The largest absolute Gasteiger partial charge is 0.377 e. The van der Waals surface area contributed by atoms with Crippen LogP contribution in [0.15, 0.2) is 0 Å². The summed E-state index contributed by atoms with van der Waals surface area (Å²) < 4.78 is 5.72. The summed E-state index contributed by atoms with van der Waals surface area (Å²) in [5, 5.41) is 11.6. The molecule has 2 rings (SSSR count). The van der Waals surface area contributed by atoms with Crippen molar-refractivity contribution in [2.24, 2.45) is 11.7 Å². The van der Waals surface area contributed by atoms with Crippen LogP contribution in [0.2, 0.25) is 0 Å². The highest BCUT2D eigenvalue weighted by molar-refractivity contribution is 7.15. The number of nitrogens with two attached hydrogens (primary N) is 2. The average molecular weight is 350 g/mol. The number of carbonyl (C=O) groups excluding carboxylic acids is 1. The SMILES string of the molecule is CCCO[C@@H]1CC[C@H](C(=O)NCc2nnc(N)s2)C[C@H]1N.Cl. The molecule has 0 unspecified atom stereocenters. The number of hydrogen-bond acceptors (Lipinski definition) is 7. The second-order valence-corrected chi connectivity index (χ2v) is 6.43. The minimum absolute atomic E-state index is 0. The maximum atomic E-state index is 12.2. The first-order valence-electron chi connectivity index (χ1n) is 7.33. The Hall–Kier alpha value is -0.960. The zero-order valence-corrected chi connectivity index (χ0v) is 14.3. The minimum atomic E-state index is -0.0711. The number of nitrogens with one attached hydrogen (secondary N) is 1. The molecule has 1 fully saturated rings. The number of anilines is 1. The van der Waals surface area contributed by atoms with Crippen LogP contribution in [-0.4, -0.2) is 34.9 Å². The molecule has 0 aliphatic heterocycles. The Balaban J connectivity index is 0.00000242. The molecule has 3 atom stereocenters. The van der Waals surface area contributed by atoms with Crippen LogP contribution in [0.1, 0.15) is 37.6 Å². The van der Waals surface area contributed by atoms with E-state index in [-0.39, 0.29) is 36.4 Å². The summed E-state index contributed by atoms with van der Waals surface area (Å²) in [7, 11) is 0. The first-order valence-corrected chi connectivity index (χ1v) is 8.14. The third-order valence-corrected chi connectivity index (χ3v) is 4.39. The Bertz CT molecular complexity index is 473. The van der Waals surface area contributed by atoms with Crippen LogP contribution in [0.25, 0.3) is 0 Å². The van der Waals surface area contributed by atoms with Gasteiger partial charge < -0.3 is 21.5 Å². The number of amides is 1. The van der Waals surface area contributed by atoms with Crippen molar-refractivity contribution in [1.29, 1.82) is 0 Å². The van der Waals surface area contributed by atoms with Crippen LogP contribution in [0.5, 0.6) is 0 Å². The molecule has 1 heterocycles. The van der Waals surface area contributed by atoms with E-state index >= 15 is 0 Å². The summed E-state index contributed by atoms with van der Waals surface area (Å²) in [6, 6.07) is -0.0711. The normalized spacial score (nSPS) is 24.5. The zero-order chi connectivity index (χ0) is 15.2. The lowest BCUT2D eigenvalue weighted by Crippen LogP contribution is -2.46. The van der Waals surface area contributed by atoms with Gasteiger partial charge in [-0.25, -0.2) is 0 Å². The molecular formula is C13H24ClN5O2S. The molecule has 22 heavy (non-hydrogen) atoms. The van der Waals surface area contributed by atoms with E-state index in [0.717, 1.165) is 25.9 Å². The van der Waals surface area contributed by atoms with Crippen molar-refractivity contribution >= 4 is 34.8 Å². The van der Waals surface area contributed by atoms with Crippen LogP contribution in [0.4, 0.5) is 5.13 Å². The van der Waals surface area contributed by atoms with E-state index in [1.807, 2.05) is 0 Å². The van der Waals surface area contributed by atoms with Crippen molar-refractivity contribution in [1.82, 2.24) is 15.5 Å². The third kappa shape index (κ3) is 5.35. The van der Waals surface area contributed by atoms with Gasteiger partial charge in [-0.05, 0) is 25.7 Å². The van der Waals surface area contributed by atoms with Gasteiger partial charge >= 0.3 is 0 Å². The number of hydrogen-bond donors (Lipinski definition) is 3.